The number of rotatable bonds is 7. The third-order valence-corrected chi connectivity index (χ3v) is 8.72. The van der Waals surface area contributed by atoms with Crippen LogP contribution in [0.4, 0.5) is 4.39 Å². The molecule has 3 aliphatic rings. The minimum Gasteiger partial charge on any atom is -0.420 e. The average Bonchev–Trinajstić information content (AvgIpc) is 3.37. The van der Waals surface area contributed by atoms with E-state index in [1.54, 1.807) is 17.8 Å². The number of carbonyl (C=O) groups excluding carboxylic acids is 2. The molecule has 5 rings (SSSR count). The highest BCUT2D eigenvalue weighted by Gasteiger charge is 2.37. The number of benzene rings is 1. The van der Waals surface area contributed by atoms with Crippen LogP contribution in [-0.4, -0.2) is 45.3 Å². The standard InChI is InChI=1S/C25H31ClFN5O3S/c26-18-13-15(7-10-19(18)27)24-32-31-23(35-24)14-5-8-16(9-6-14)28-21(33)11-12-36-25-29-20-4-2-1-3-17(20)22(34)30-25/h7,10,13-14,16-17,20,25,29H,1-6,8-9,11-12H2,(H,28,33)(H,30,34). The van der Waals surface area contributed by atoms with Gasteiger partial charge in [0.25, 0.3) is 0 Å². The Balaban J connectivity index is 1.03. The molecule has 0 bridgehead atoms. The smallest absolute Gasteiger partial charge is 0.247 e. The molecular weight excluding hydrogens is 505 g/mol. The molecule has 3 fully saturated rings. The van der Waals surface area contributed by atoms with Gasteiger partial charge in [-0.2, -0.15) is 0 Å². The van der Waals surface area contributed by atoms with E-state index in [0.717, 1.165) is 44.9 Å². The Bertz CT molecular complexity index is 1090. The number of nitrogens with zero attached hydrogens (tertiary/aromatic N) is 2. The Morgan fingerprint density at radius 3 is 2.78 bits per heavy atom. The summed E-state index contributed by atoms with van der Waals surface area (Å²) in [6, 6.07) is 4.71. The lowest BCUT2D eigenvalue weighted by Gasteiger charge is -2.39. The van der Waals surface area contributed by atoms with Crippen molar-refractivity contribution in [3.05, 3.63) is 34.9 Å². The number of hydrogen-bond donors (Lipinski definition) is 3. The van der Waals surface area contributed by atoms with Crippen molar-refractivity contribution >= 4 is 35.2 Å². The third-order valence-electron chi connectivity index (χ3n) is 7.40. The van der Waals surface area contributed by atoms with Gasteiger partial charge in [0.15, 0.2) is 0 Å². The summed E-state index contributed by atoms with van der Waals surface area (Å²) in [5, 5.41) is 18.0. The van der Waals surface area contributed by atoms with Crippen molar-refractivity contribution in [3.8, 4) is 11.5 Å². The Morgan fingerprint density at radius 2 is 1.97 bits per heavy atom. The third kappa shape index (κ3) is 6.03. The van der Waals surface area contributed by atoms with E-state index in [2.05, 4.69) is 26.1 Å². The fourth-order valence-electron chi connectivity index (χ4n) is 5.41. The summed E-state index contributed by atoms with van der Waals surface area (Å²) >= 11 is 7.44. The first kappa shape index (κ1) is 25.5. The molecule has 3 atom stereocenters. The van der Waals surface area contributed by atoms with Gasteiger partial charge in [-0.05, 0) is 56.7 Å². The zero-order valence-corrected chi connectivity index (χ0v) is 21.5. The molecule has 0 spiro atoms. The molecular formula is C25H31ClFN5O3S. The molecule has 1 aromatic carbocycles. The normalized spacial score (nSPS) is 28.3. The Morgan fingerprint density at radius 1 is 1.17 bits per heavy atom. The molecule has 1 aliphatic heterocycles. The molecule has 2 aromatic rings. The van der Waals surface area contributed by atoms with Crippen molar-refractivity contribution in [2.45, 2.75) is 81.3 Å². The largest absolute Gasteiger partial charge is 0.420 e. The van der Waals surface area contributed by atoms with Gasteiger partial charge in [0.05, 0.1) is 10.9 Å². The van der Waals surface area contributed by atoms with Crippen molar-refractivity contribution in [2.75, 3.05) is 5.75 Å². The molecule has 3 unspecified atom stereocenters. The fraction of sp³-hybridized carbons (Fsp3) is 0.600. The van der Waals surface area contributed by atoms with Crippen LogP contribution in [-0.2, 0) is 9.59 Å². The predicted molar refractivity (Wildman–Crippen MR) is 136 cm³/mol. The van der Waals surface area contributed by atoms with Crippen LogP contribution in [0.1, 0.15) is 69.6 Å². The van der Waals surface area contributed by atoms with Crippen LogP contribution in [0.15, 0.2) is 22.6 Å². The molecule has 3 N–H and O–H groups in total. The van der Waals surface area contributed by atoms with Crippen molar-refractivity contribution in [3.63, 3.8) is 0 Å². The second-order valence-electron chi connectivity index (χ2n) is 9.86. The maximum Gasteiger partial charge on any atom is 0.247 e. The molecule has 8 nitrogen and oxygen atoms in total. The number of halogens is 2. The highest BCUT2D eigenvalue weighted by molar-refractivity contribution is 7.99. The van der Waals surface area contributed by atoms with E-state index < -0.39 is 5.82 Å². The van der Waals surface area contributed by atoms with Gasteiger partial charge in [-0.25, -0.2) is 4.39 Å². The van der Waals surface area contributed by atoms with Gasteiger partial charge in [-0.15, -0.1) is 22.0 Å². The number of carbonyl (C=O) groups is 2. The monoisotopic (exact) mass is 535 g/mol. The van der Waals surface area contributed by atoms with Crippen LogP contribution in [0.5, 0.6) is 0 Å². The van der Waals surface area contributed by atoms with Crippen LogP contribution in [0.2, 0.25) is 5.02 Å². The quantitative estimate of drug-likeness (QED) is 0.483. The van der Waals surface area contributed by atoms with Gasteiger partial charge in [0, 0.05) is 35.7 Å². The zero-order valence-electron chi connectivity index (χ0n) is 20.0. The van der Waals surface area contributed by atoms with Gasteiger partial charge >= 0.3 is 0 Å². The van der Waals surface area contributed by atoms with Crippen LogP contribution in [0.25, 0.3) is 11.5 Å². The van der Waals surface area contributed by atoms with E-state index in [-0.39, 0.29) is 46.3 Å². The minimum absolute atomic E-state index is 0.0134. The summed E-state index contributed by atoms with van der Waals surface area (Å²) in [6.07, 6.45) is 8.07. The summed E-state index contributed by atoms with van der Waals surface area (Å²) in [5.41, 5.74) is 0.464. The lowest BCUT2D eigenvalue weighted by molar-refractivity contribution is -0.129. The lowest BCUT2D eigenvalue weighted by atomic mass is 9.83. The van der Waals surface area contributed by atoms with Crippen LogP contribution >= 0.6 is 23.4 Å². The van der Waals surface area contributed by atoms with Crippen molar-refractivity contribution in [1.29, 1.82) is 0 Å². The van der Waals surface area contributed by atoms with E-state index in [0.29, 0.717) is 29.5 Å². The molecule has 0 radical (unpaired) electrons. The first-order valence-corrected chi connectivity index (χ1v) is 14.1. The maximum absolute atomic E-state index is 13.4. The van der Waals surface area contributed by atoms with E-state index in [1.807, 2.05) is 0 Å². The molecule has 1 aromatic heterocycles. The number of fused-ring (bicyclic) bond motifs is 1. The van der Waals surface area contributed by atoms with Crippen LogP contribution in [0, 0.1) is 11.7 Å². The van der Waals surface area contributed by atoms with Gasteiger partial charge in [0.1, 0.15) is 11.3 Å². The van der Waals surface area contributed by atoms with Gasteiger partial charge in [0.2, 0.25) is 23.6 Å². The highest BCUT2D eigenvalue weighted by atomic mass is 35.5. The van der Waals surface area contributed by atoms with Crippen molar-refractivity contribution < 1.29 is 18.4 Å². The van der Waals surface area contributed by atoms with Gasteiger partial charge in [-0.1, -0.05) is 24.4 Å². The summed E-state index contributed by atoms with van der Waals surface area (Å²) in [6.45, 7) is 0. The number of amides is 2. The Labute approximate surface area is 218 Å². The van der Waals surface area contributed by atoms with Crippen molar-refractivity contribution in [1.82, 2.24) is 26.1 Å². The molecule has 2 aliphatic carbocycles. The average molecular weight is 536 g/mol. The van der Waals surface area contributed by atoms with Crippen LogP contribution in [0.3, 0.4) is 0 Å². The Hall–Kier alpha value is -2.17. The maximum atomic E-state index is 13.4. The second-order valence-corrected chi connectivity index (χ2v) is 11.5. The molecule has 2 amide bonds. The topological polar surface area (TPSA) is 109 Å². The van der Waals surface area contributed by atoms with E-state index in [4.69, 9.17) is 16.0 Å². The summed E-state index contributed by atoms with van der Waals surface area (Å²) in [5.74, 6) is 1.45. The van der Waals surface area contributed by atoms with E-state index in [9.17, 15) is 14.0 Å². The number of nitrogens with one attached hydrogen (secondary N) is 3. The highest BCUT2D eigenvalue weighted by Crippen LogP contribution is 2.34. The molecule has 1 saturated heterocycles. The van der Waals surface area contributed by atoms with Crippen LogP contribution < -0.4 is 16.0 Å². The van der Waals surface area contributed by atoms with E-state index in [1.165, 1.54) is 18.6 Å². The molecule has 11 heteroatoms. The molecule has 2 heterocycles. The first-order valence-electron chi connectivity index (χ1n) is 12.7. The molecule has 36 heavy (non-hydrogen) atoms. The first-order chi connectivity index (χ1) is 17.5. The summed E-state index contributed by atoms with van der Waals surface area (Å²) in [7, 11) is 0. The number of aromatic nitrogens is 2. The molecule has 2 saturated carbocycles. The van der Waals surface area contributed by atoms with Crippen molar-refractivity contribution in [2.24, 2.45) is 5.92 Å². The van der Waals surface area contributed by atoms with Gasteiger partial charge < -0.3 is 15.1 Å². The summed E-state index contributed by atoms with van der Waals surface area (Å²) in [4.78, 5) is 24.8. The predicted octanol–water partition coefficient (Wildman–Crippen LogP) is 4.36. The number of hydrogen-bond acceptors (Lipinski definition) is 7. The minimum atomic E-state index is -0.492. The lowest BCUT2D eigenvalue weighted by Crippen LogP contribution is -2.60. The molecule has 194 valence electrons. The summed E-state index contributed by atoms with van der Waals surface area (Å²) < 4.78 is 19.3. The second kappa shape index (κ2) is 11.5. The fourth-order valence-corrected chi connectivity index (χ4v) is 6.60. The van der Waals surface area contributed by atoms with E-state index >= 15 is 0 Å². The Kier molecular flexibility index (Phi) is 8.12. The number of thioether (sulfide) groups is 1. The SMILES string of the molecule is O=C(CCSC1NC(=O)C2CCCCC2N1)NC1CCC(c2nnc(-c3ccc(F)c(Cl)c3)o2)CC1. The zero-order chi connectivity index (χ0) is 25.1. The van der Waals surface area contributed by atoms with Gasteiger partial charge in [-0.3, -0.25) is 14.9 Å².